The van der Waals surface area contributed by atoms with E-state index in [-0.39, 0.29) is 0 Å². The van der Waals surface area contributed by atoms with Gasteiger partial charge < -0.3 is 15.0 Å². The standard InChI is InChI=1S/C38H47ClN4O/c1-7-8-30-23-34(25-41-27(30)2)44-37-16-14-33(13-15-35(37)28(3)40-6)43-21-19-42(20-22-43)26-31-17-18-38(4,5)24-36(31)29-9-11-32(39)12-10-29/h7-13,15-16,23,25,40H,3,14,17-22,24,26H2,1-2,4-6H3/b8-7-. The largest absolute Gasteiger partial charge is 0.455 e. The molecular formula is C38H47ClN4O. The lowest BCUT2D eigenvalue weighted by atomic mass is 9.72. The quantitative estimate of drug-likeness (QED) is 0.308. The Morgan fingerprint density at radius 3 is 2.59 bits per heavy atom. The summed E-state index contributed by atoms with van der Waals surface area (Å²) in [5, 5.41) is 4.01. The maximum atomic E-state index is 6.44. The Morgan fingerprint density at radius 2 is 1.89 bits per heavy atom. The van der Waals surface area contributed by atoms with Crippen molar-refractivity contribution in [2.75, 3.05) is 39.8 Å². The maximum Gasteiger partial charge on any atom is 0.146 e. The zero-order valence-corrected chi connectivity index (χ0v) is 27.8. The van der Waals surface area contributed by atoms with Crippen LogP contribution in [0.2, 0.25) is 5.02 Å². The Balaban J connectivity index is 1.28. The van der Waals surface area contributed by atoms with Gasteiger partial charge in [0, 0.05) is 73.9 Å². The molecule has 5 nitrogen and oxygen atoms in total. The number of ether oxygens (including phenoxy) is 1. The highest BCUT2D eigenvalue weighted by Crippen LogP contribution is 2.43. The number of halogens is 1. The van der Waals surface area contributed by atoms with Crippen LogP contribution in [0.1, 0.15) is 63.3 Å². The lowest BCUT2D eigenvalue weighted by Crippen LogP contribution is -2.46. The number of aryl methyl sites for hydroxylation is 1. The summed E-state index contributed by atoms with van der Waals surface area (Å²) in [6, 6.07) is 10.5. The Morgan fingerprint density at radius 1 is 1.14 bits per heavy atom. The second-order valence-corrected chi connectivity index (χ2v) is 13.3. The molecule has 1 aliphatic heterocycles. The maximum absolute atomic E-state index is 6.44. The molecule has 0 spiro atoms. The summed E-state index contributed by atoms with van der Waals surface area (Å²) in [4.78, 5) is 9.72. The molecule has 0 unspecified atom stereocenters. The molecule has 2 aliphatic carbocycles. The number of nitrogens with one attached hydrogen (secondary N) is 1. The Bertz CT molecular complexity index is 1520. The molecule has 3 aliphatic rings. The summed E-state index contributed by atoms with van der Waals surface area (Å²) in [6.45, 7) is 18.2. The molecule has 6 heteroatoms. The summed E-state index contributed by atoms with van der Waals surface area (Å²) >= 11 is 6.22. The molecule has 44 heavy (non-hydrogen) atoms. The van der Waals surface area contributed by atoms with Gasteiger partial charge in [-0.05, 0) is 91.7 Å². The molecule has 2 aromatic rings. The first-order valence-electron chi connectivity index (χ1n) is 15.9. The van der Waals surface area contributed by atoms with Gasteiger partial charge in [-0.25, -0.2) is 0 Å². The minimum atomic E-state index is 0.328. The molecule has 0 amide bonds. The zero-order valence-electron chi connectivity index (χ0n) is 27.0. The van der Waals surface area contributed by atoms with Gasteiger partial charge in [-0.1, -0.05) is 61.9 Å². The molecule has 1 aromatic carbocycles. The van der Waals surface area contributed by atoms with Gasteiger partial charge in [0.2, 0.25) is 0 Å². The van der Waals surface area contributed by atoms with E-state index in [1.54, 1.807) is 11.8 Å². The van der Waals surface area contributed by atoms with E-state index in [0.29, 0.717) is 5.41 Å². The fourth-order valence-corrected chi connectivity index (χ4v) is 6.47. The van der Waals surface area contributed by atoms with Crippen molar-refractivity contribution in [1.82, 2.24) is 20.1 Å². The van der Waals surface area contributed by atoms with Crippen molar-refractivity contribution in [3.63, 3.8) is 0 Å². The predicted molar refractivity (Wildman–Crippen MR) is 185 cm³/mol. The summed E-state index contributed by atoms with van der Waals surface area (Å²) in [5.74, 6) is 1.52. The van der Waals surface area contributed by atoms with Gasteiger partial charge in [0.25, 0.3) is 0 Å². The fraction of sp³-hybridized carbons (Fsp3) is 0.395. The summed E-state index contributed by atoms with van der Waals surface area (Å²) < 4.78 is 6.44. The molecule has 1 aromatic heterocycles. The van der Waals surface area contributed by atoms with Gasteiger partial charge in [0.05, 0.1) is 6.20 Å². The van der Waals surface area contributed by atoms with Crippen LogP contribution in [0.15, 0.2) is 95.7 Å². The number of hydrogen-bond donors (Lipinski definition) is 1. The van der Waals surface area contributed by atoms with E-state index in [2.05, 4.69) is 77.0 Å². The van der Waals surface area contributed by atoms with Crippen molar-refractivity contribution in [3.05, 3.63) is 118 Å². The molecule has 0 saturated carbocycles. The molecule has 0 radical (unpaired) electrons. The van der Waals surface area contributed by atoms with E-state index in [1.807, 2.05) is 45.2 Å². The van der Waals surface area contributed by atoms with E-state index in [4.69, 9.17) is 16.3 Å². The van der Waals surface area contributed by atoms with Crippen LogP contribution in [0.4, 0.5) is 0 Å². The van der Waals surface area contributed by atoms with Crippen LogP contribution >= 0.6 is 11.6 Å². The van der Waals surface area contributed by atoms with Gasteiger partial charge in [0.15, 0.2) is 0 Å². The van der Waals surface area contributed by atoms with Gasteiger partial charge in [-0.2, -0.15) is 0 Å². The van der Waals surface area contributed by atoms with Crippen LogP contribution in [0.5, 0.6) is 5.75 Å². The summed E-state index contributed by atoms with van der Waals surface area (Å²) in [5.41, 5.74) is 9.90. The minimum absolute atomic E-state index is 0.328. The van der Waals surface area contributed by atoms with E-state index < -0.39 is 0 Å². The molecule has 0 bridgehead atoms. The van der Waals surface area contributed by atoms with Gasteiger partial charge >= 0.3 is 0 Å². The van der Waals surface area contributed by atoms with Crippen LogP contribution < -0.4 is 10.1 Å². The van der Waals surface area contributed by atoms with Crippen LogP contribution in [0, 0.1) is 12.3 Å². The average Bonchev–Trinajstić information content (AvgIpc) is 3.23. The third kappa shape index (κ3) is 7.75. The van der Waals surface area contributed by atoms with E-state index in [0.717, 1.165) is 84.6 Å². The number of hydrogen-bond acceptors (Lipinski definition) is 5. The first-order valence-corrected chi connectivity index (χ1v) is 16.2. The number of pyridine rings is 1. The molecule has 5 rings (SSSR count). The normalized spacial score (nSPS) is 19.3. The van der Waals surface area contributed by atoms with Crippen LogP contribution in [-0.2, 0) is 0 Å². The molecular weight excluding hydrogens is 564 g/mol. The summed E-state index contributed by atoms with van der Waals surface area (Å²) in [6.07, 6.45) is 16.8. The highest BCUT2D eigenvalue weighted by Gasteiger charge is 2.29. The van der Waals surface area contributed by atoms with Crippen molar-refractivity contribution in [2.24, 2.45) is 5.41 Å². The average molecular weight is 611 g/mol. The Kier molecular flexibility index (Phi) is 10.2. The third-order valence-electron chi connectivity index (χ3n) is 9.08. The van der Waals surface area contributed by atoms with Crippen molar-refractivity contribution in [1.29, 1.82) is 0 Å². The topological polar surface area (TPSA) is 40.6 Å². The fourth-order valence-electron chi connectivity index (χ4n) is 6.34. The highest BCUT2D eigenvalue weighted by atomic mass is 35.5. The molecule has 0 atom stereocenters. The number of nitrogens with zero attached hydrogens (tertiary/aromatic N) is 3. The van der Waals surface area contributed by atoms with E-state index in [1.165, 1.54) is 29.7 Å². The number of aromatic nitrogens is 1. The van der Waals surface area contributed by atoms with Gasteiger partial charge in [-0.3, -0.25) is 9.88 Å². The van der Waals surface area contributed by atoms with Crippen molar-refractivity contribution in [3.8, 4) is 5.75 Å². The zero-order chi connectivity index (χ0) is 31.3. The molecule has 2 heterocycles. The number of piperazine rings is 1. The van der Waals surface area contributed by atoms with Crippen molar-refractivity contribution in [2.45, 2.75) is 53.4 Å². The molecule has 1 fully saturated rings. The Hall–Kier alpha value is -3.54. The first kappa shape index (κ1) is 31.9. The molecule has 1 N–H and O–H groups in total. The lowest BCUT2D eigenvalue weighted by molar-refractivity contribution is 0.164. The predicted octanol–water partition coefficient (Wildman–Crippen LogP) is 8.57. The third-order valence-corrected chi connectivity index (χ3v) is 9.33. The summed E-state index contributed by atoms with van der Waals surface area (Å²) in [7, 11) is 1.90. The van der Waals surface area contributed by atoms with Gasteiger partial charge in [-0.15, -0.1) is 0 Å². The molecule has 232 valence electrons. The first-order chi connectivity index (χ1) is 21.2. The SMILES string of the molecule is C=C(NC)C1=CC=C(N2CCN(CC3=C(c4ccc(Cl)cc4)CC(C)(C)CC3)CC2)CC=C1Oc1cnc(C)c(/C=C\C)c1. The van der Waals surface area contributed by atoms with Crippen LogP contribution in [0.25, 0.3) is 11.6 Å². The smallest absolute Gasteiger partial charge is 0.146 e. The van der Waals surface area contributed by atoms with Crippen LogP contribution in [-0.4, -0.2) is 54.6 Å². The monoisotopic (exact) mass is 610 g/mol. The van der Waals surface area contributed by atoms with Crippen LogP contribution in [0.3, 0.4) is 0 Å². The Labute approximate surface area is 269 Å². The highest BCUT2D eigenvalue weighted by molar-refractivity contribution is 6.30. The van der Waals surface area contributed by atoms with Gasteiger partial charge in [0.1, 0.15) is 11.5 Å². The number of rotatable bonds is 9. The number of benzene rings is 1. The second-order valence-electron chi connectivity index (χ2n) is 12.9. The van der Waals surface area contributed by atoms with Crippen molar-refractivity contribution >= 4 is 23.3 Å². The van der Waals surface area contributed by atoms with E-state index in [9.17, 15) is 0 Å². The second kappa shape index (κ2) is 14.0. The van der Waals surface area contributed by atoms with E-state index >= 15 is 0 Å². The minimum Gasteiger partial charge on any atom is -0.455 e. The molecule has 1 saturated heterocycles. The number of likely N-dealkylation sites (N-methyl/N-ethyl adjacent to an activating group) is 1. The number of allylic oxidation sites excluding steroid dienone is 5. The lowest BCUT2D eigenvalue weighted by Gasteiger charge is -2.40. The van der Waals surface area contributed by atoms with Crippen molar-refractivity contribution < 1.29 is 4.74 Å².